The topological polar surface area (TPSA) is 237 Å². The first-order valence-corrected chi connectivity index (χ1v) is 47.9. The zero-order chi connectivity index (χ0) is 77.9. The van der Waals surface area contributed by atoms with Crippen molar-refractivity contribution in [1.82, 2.24) is 0 Å². The van der Waals surface area contributed by atoms with Gasteiger partial charge in [-0.15, -0.1) is 0 Å². The summed E-state index contributed by atoms with van der Waals surface area (Å²) in [5.41, 5.74) is 0. The average Bonchev–Trinajstić information content (AvgIpc) is 0.900. The van der Waals surface area contributed by atoms with Crippen molar-refractivity contribution >= 4 is 39.5 Å². The number of aliphatic hydroxyl groups excluding tert-OH is 1. The van der Waals surface area contributed by atoms with Gasteiger partial charge < -0.3 is 33.8 Å². The lowest BCUT2D eigenvalue weighted by molar-refractivity contribution is -0.161. The van der Waals surface area contributed by atoms with Crippen molar-refractivity contribution in [1.29, 1.82) is 0 Å². The predicted molar refractivity (Wildman–Crippen MR) is 437 cm³/mol. The number of carbonyl (C=O) groups is 4. The van der Waals surface area contributed by atoms with E-state index < -0.39 is 97.5 Å². The number of phosphoric acid groups is 2. The highest BCUT2D eigenvalue weighted by Gasteiger charge is 2.31. The van der Waals surface area contributed by atoms with E-state index in [4.69, 9.17) is 37.0 Å². The quantitative estimate of drug-likeness (QED) is 0.0222. The van der Waals surface area contributed by atoms with Crippen molar-refractivity contribution in [3.8, 4) is 0 Å². The van der Waals surface area contributed by atoms with Gasteiger partial charge in [-0.05, 0) is 43.4 Å². The summed E-state index contributed by atoms with van der Waals surface area (Å²) in [5.74, 6) is 0.320. The van der Waals surface area contributed by atoms with Crippen LogP contribution < -0.4 is 0 Å². The Morgan fingerprint density at radius 1 is 0.274 bits per heavy atom. The molecule has 0 radical (unpaired) electrons. The molecule has 3 N–H and O–H groups in total. The number of hydrogen-bond donors (Lipinski definition) is 3. The summed E-state index contributed by atoms with van der Waals surface area (Å²) in [6, 6.07) is 0. The molecule has 0 amide bonds. The maximum atomic E-state index is 13.2. The molecule has 0 saturated carbocycles. The van der Waals surface area contributed by atoms with Crippen molar-refractivity contribution in [2.75, 3.05) is 39.6 Å². The molecular weight excluding hydrogens is 1380 g/mol. The first-order chi connectivity index (χ1) is 51.3. The Bertz CT molecular complexity index is 2050. The number of aliphatic hydroxyl groups is 1. The molecule has 0 saturated heterocycles. The van der Waals surface area contributed by atoms with E-state index >= 15 is 0 Å². The first-order valence-electron chi connectivity index (χ1n) is 44.9. The third kappa shape index (κ3) is 77.4. The third-order valence-electron chi connectivity index (χ3n) is 21.1. The van der Waals surface area contributed by atoms with Gasteiger partial charge in [-0.25, -0.2) is 9.13 Å². The fourth-order valence-electron chi connectivity index (χ4n) is 13.5. The minimum Gasteiger partial charge on any atom is -0.462 e. The van der Waals surface area contributed by atoms with Crippen molar-refractivity contribution in [2.45, 2.75) is 478 Å². The Hall–Kier alpha value is -1.94. The molecule has 19 heteroatoms. The van der Waals surface area contributed by atoms with Crippen LogP contribution in [0.25, 0.3) is 0 Å². The number of rotatable bonds is 85. The molecule has 630 valence electrons. The van der Waals surface area contributed by atoms with E-state index in [-0.39, 0.29) is 25.7 Å². The second kappa shape index (κ2) is 77.0. The largest absolute Gasteiger partial charge is 0.472 e. The maximum Gasteiger partial charge on any atom is 0.472 e. The standard InChI is InChI=1S/C87H170O17P2/c1-8-11-12-13-14-15-16-17-18-19-20-21-22-30-35-40-49-56-63-70-86(91)103-82(74-97-84(89)68-61-54-47-39-34-29-26-24-28-33-38-45-52-59-66-79(6)9-2)76-101-105(93,94)99-72-81(88)73-100-106(95,96)102-77-83(75-98-85(90)69-62-55-48-43-42-46-53-60-67-80(7)10-3)104-87(92)71-64-57-50-41-36-31-25-23-27-32-37-44-51-58-65-78(4)5/h78-83,88H,8-77H2,1-7H3,(H,93,94)(H,95,96)/t79?,80?,81-,82-,83-/m1/s1. The lowest BCUT2D eigenvalue weighted by Gasteiger charge is -2.21. The zero-order valence-electron chi connectivity index (χ0n) is 69.9. The molecule has 17 nitrogen and oxygen atoms in total. The number of carbonyl (C=O) groups excluding carboxylic acids is 4. The fourth-order valence-corrected chi connectivity index (χ4v) is 15.1. The molecule has 0 aromatic rings. The van der Waals surface area contributed by atoms with Crippen LogP contribution in [-0.4, -0.2) is 96.7 Å². The van der Waals surface area contributed by atoms with Gasteiger partial charge in [0.1, 0.15) is 19.3 Å². The Balaban J connectivity index is 5.27. The summed E-state index contributed by atoms with van der Waals surface area (Å²) < 4.78 is 69.0. The molecular formula is C87H170O17P2. The molecule has 0 heterocycles. The summed E-state index contributed by atoms with van der Waals surface area (Å²) in [5, 5.41) is 10.7. The average molecular weight is 1550 g/mol. The van der Waals surface area contributed by atoms with Crippen LogP contribution in [0, 0.1) is 17.8 Å². The van der Waals surface area contributed by atoms with E-state index in [0.717, 1.165) is 108 Å². The molecule has 0 fully saturated rings. The molecule has 0 aliphatic heterocycles. The fraction of sp³-hybridized carbons (Fsp3) is 0.954. The van der Waals surface area contributed by atoms with Gasteiger partial charge in [0.15, 0.2) is 12.2 Å². The normalized spacial score (nSPS) is 14.4. The van der Waals surface area contributed by atoms with Crippen LogP contribution in [0.4, 0.5) is 0 Å². The number of phosphoric ester groups is 2. The van der Waals surface area contributed by atoms with Crippen LogP contribution in [0.3, 0.4) is 0 Å². The van der Waals surface area contributed by atoms with Crippen LogP contribution in [0.15, 0.2) is 0 Å². The smallest absolute Gasteiger partial charge is 0.462 e. The molecule has 0 aromatic carbocycles. The molecule has 0 aromatic heterocycles. The summed E-state index contributed by atoms with van der Waals surface area (Å²) in [7, 11) is -9.93. The van der Waals surface area contributed by atoms with Crippen LogP contribution in [0.2, 0.25) is 0 Å². The third-order valence-corrected chi connectivity index (χ3v) is 23.0. The first kappa shape index (κ1) is 104. The Morgan fingerprint density at radius 3 is 0.717 bits per heavy atom. The van der Waals surface area contributed by atoms with Crippen molar-refractivity contribution in [3.63, 3.8) is 0 Å². The molecule has 0 bridgehead atoms. The predicted octanol–water partition coefficient (Wildman–Crippen LogP) is 26.5. The van der Waals surface area contributed by atoms with E-state index in [2.05, 4.69) is 48.5 Å². The van der Waals surface area contributed by atoms with Gasteiger partial charge in [-0.3, -0.25) is 37.3 Å². The lowest BCUT2D eigenvalue weighted by atomic mass is 9.99. The highest BCUT2D eigenvalue weighted by molar-refractivity contribution is 7.47. The highest BCUT2D eigenvalue weighted by Crippen LogP contribution is 2.45. The highest BCUT2D eigenvalue weighted by atomic mass is 31.2. The minimum atomic E-state index is -4.97. The number of ether oxygens (including phenoxy) is 4. The maximum absolute atomic E-state index is 13.2. The molecule has 7 atom stereocenters. The second-order valence-electron chi connectivity index (χ2n) is 32.2. The lowest BCUT2D eigenvalue weighted by Crippen LogP contribution is -2.30. The summed E-state index contributed by atoms with van der Waals surface area (Å²) in [6.45, 7) is 12.1. The van der Waals surface area contributed by atoms with E-state index in [1.807, 2.05) is 0 Å². The molecule has 0 spiro atoms. The van der Waals surface area contributed by atoms with Gasteiger partial charge in [0.25, 0.3) is 0 Å². The number of esters is 4. The van der Waals surface area contributed by atoms with E-state index in [1.54, 1.807) is 0 Å². The van der Waals surface area contributed by atoms with Crippen molar-refractivity contribution < 1.29 is 80.2 Å². The molecule has 4 unspecified atom stereocenters. The van der Waals surface area contributed by atoms with Gasteiger partial charge in [0, 0.05) is 25.7 Å². The van der Waals surface area contributed by atoms with Crippen molar-refractivity contribution in [2.24, 2.45) is 17.8 Å². The Morgan fingerprint density at radius 2 is 0.481 bits per heavy atom. The van der Waals surface area contributed by atoms with Gasteiger partial charge in [0.05, 0.1) is 26.4 Å². The summed E-state index contributed by atoms with van der Waals surface area (Å²) >= 11 is 0. The van der Waals surface area contributed by atoms with Crippen LogP contribution in [0.5, 0.6) is 0 Å². The molecule has 0 aliphatic carbocycles. The van der Waals surface area contributed by atoms with Crippen LogP contribution in [-0.2, 0) is 65.4 Å². The summed E-state index contributed by atoms with van der Waals surface area (Å²) in [4.78, 5) is 73.3. The van der Waals surface area contributed by atoms with Crippen LogP contribution >= 0.6 is 15.6 Å². The van der Waals surface area contributed by atoms with Gasteiger partial charge >= 0.3 is 39.5 Å². The number of unbranched alkanes of at least 4 members (excludes halogenated alkanes) is 51. The van der Waals surface area contributed by atoms with E-state index in [9.17, 15) is 43.2 Å². The zero-order valence-corrected chi connectivity index (χ0v) is 71.7. The SMILES string of the molecule is CCCCCCCCCCCCCCCCCCCCCC(=O)O[C@H](COC(=O)CCCCCCCCCCCCCCCCC(C)CC)COP(=O)(O)OC[C@@H](O)COP(=O)(O)OC[C@@H](COC(=O)CCCCCCCCCCC(C)CC)OC(=O)CCCCCCCCCCCCCCCCC(C)C. The Labute approximate surface area is 651 Å². The van der Waals surface area contributed by atoms with Crippen molar-refractivity contribution in [3.05, 3.63) is 0 Å². The Kier molecular flexibility index (Phi) is 75.6. The molecule has 106 heavy (non-hydrogen) atoms. The van der Waals surface area contributed by atoms with E-state index in [0.29, 0.717) is 25.7 Å². The monoisotopic (exact) mass is 1550 g/mol. The van der Waals surface area contributed by atoms with Crippen LogP contribution in [0.1, 0.15) is 459 Å². The molecule has 0 aliphatic rings. The number of hydrogen-bond acceptors (Lipinski definition) is 15. The summed E-state index contributed by atoms with van der Waals surface area (Å²) in [6.07, 6.45) is 67.9. The van der Waals surface area contributed by atoms with Gasteiger partial charge in [-0.2, -0.15) is 0 Å². The van der Waals surface area contributed by atoms with E-state index in [1.165, 1.54) is 270 Å². The van der Waals surface area contributed by atoms with Gasteiger partial charge in [-0.1, -0.05) is 408 Å². The minimum absolute atomic E-state index is 0.107. The van der Waals surface area contributed by atoms with Gasteiger partial charge in [0.2, 0.25) is 0 Å². The molecule has 0 rings (SSSR count). The second-order valence-corrected chi connectivity index (χ2v) is 35.1.